The predicted molar refractivity (Wildman–Crippen MR) is 105 cm³/mol. The van der Waals surface area contributed by atoms with Gasteiger partial charge in [-0.3, -0.25) is 9.59 Å². The molecule has 1 atom stereocenters. The van der Waals surface area contributed by atoms with E-state index in [1.54, 1.807) is 4.90 Å². The van der Waals surface area contributed by atoms with Gasteiger partial charge in [-0.2, -0.15) is 0 Å². The van der Waals surface area contributed by atoms with Crippen molar-refractivity contribution >= 4 is 11.8 Å². The molecule has 0 aromatic heterocycles. The van der Waals surface area contributed by atoms with E-state index >= 15 is 0 Å². The number of benzene rings is 2. The number of fused-ring (bicyclic) bond motifs is 1. The highest BCUT2D eigenvalue weighted by molar-refractivity contribution is 5.94. The van der Waals surface area contributed by atoms with Gasteiger partial charge >= 0.3 is 0 Å². The Kier molecular flexibility index (Phi) is 5.42. The first kappa shape index (κ1) is 18.7. The average molecular weight is 380 g/mol. The molecule has 2 aliphatic rings. The summed E-state index contributed by atoms with van der Waals surface area (Å²) >= 11 is 0. The fourth-order valence-corrected chi connectivity index (χ4v) is 4.31. The van der Waals surface area contributed by atoms with Crippen molar-refractivity contribution in [3.8, 4) is 0 Å². The van der Waals surface area contributed by atoms with E-state index < -0.39 is 0 Å². The molecule has 146 valence electrons. The smallest absolute Gasteiger partial charge is 0.253 e. The van der Waals surface area contributed by atoms with Crippen LogP contribution in [0.2, 0.25) is 0 Å². The molecule has 2 aromatic rings. The van der Waals surface area contributed by atoms with Crippen molar-refractivity contribution < 1.29 is 14.0 Å². The summed E-state index contributed by atoms with van der Waals surface area (Å²) in [4.78, 5) is 27.1. The van der Waals surface area contributed by atoms with E-state index in [4.69, 9.17) is 0 Å². The van der Waals surface area contributed by atoms with Crippen molar-refractivity contribution in [2.45, 2.75) is 38.1 Å². The van der Waals surface area contributed by atoms with Crippen LogP contribution in [0.1, 0.15) is 53.2 Å². The van der Waals surface area contributed by atoms with Gasteiger partial charge in [0.2, 0.25) is 5.91 Å². The van der Waals surface area contributed by atoms with Crippen LogP contribution in [-0.2, 0) is 11.2 Å². The highest BCUT2D eigenvalue weighted by Crippen LogP contribution is 2.30. The van der Waals surface area contributed by atoms with Crippen molar-refractivity contribution in [2.24, 2.45) is 5.92 Å². The molecule has 4 nitrogen and oxygen atoms in total. The third kappa shape index (κ3) is 3.93. The van der Waals surface area contributed by atoms with Crippen LogP contribution in [0.5, 0.6) is 0 Å². The van der Waals surface area contributed by atoms with E-state index in [1.807, 2.05) is 6.07 Å². The molecular weight excluding hydrogens is 355 g/mol. The van der Waals surface area contributed by atoms with Crippen molar-refractivity contribution in [1.82, 2.24) is 10.2 Å². The van der Waals surface area contributed by atoms with Gasteiger partial charge in [0, 0.05) is 24.6 Å². The number of likely N-dealkylation sites (tertiary alicyclic amines) is 1. The Morgan fingerprint density at radius 2 is 1.68 bits per heavy atom. The lowest BCUT2D eigenvalue weighted by Crippen LogP contribution is -2.44. The number of amides is 2. The van der Waals surface area contributed by atoms with E-state index in [-0.39, 0.29) is 29.6 Å². The van der Waals surface area contributed by atoms with Crippen LogP contribution in [0, 0.1) is 11.7 Å². The van der Waals surface area contributed by atoms with E-state index in [2.05, 4.69) is 23.5 Å². The molecule has 1 saturated heterocycles. The second-order valence-corrected chi connectivity index (χ2v) is 7.73. The summed E-state index contributed by atoms with van der Waals surface area (Å²) in [6.45, 7) is 1.10. The van der Waals surface area contributed by atoms with E-state index in [0.717, 1.165) is 19.3 Å². The molecule has 28 heavy (non-hydrogen) atoms. The maximum Gasteiger partial charge on any atom is 0.253 e. The minimum Gasteiger partial charge on any atom is -0.349 e. The van der Waals surface area contributed by atoms with Crippen molar-refractivity contribution in [3.05, 3.63) is 71.0 Å². The zero-order valence-electron chi connectivity index (χ0n) is 15.9. The number of rotatable bonds is 3. The molecule has 2 aromatic carbocycles. The molecule has 1 fully saturated rings. The van der Waals surface area contributed by atoms with Gasteiger partial charge in [0.05, 0.1) is 6.04 Å². The summed E-state index contributed by atoms with van der Waals surface area (Å²) in [6, 6.07) is 14.1. The average Bonchev–Trinajstić information content (AvgIpc) is 2.74. The zero-order chi connectivity index (χ0) is 19.5. The number of piperidine rings is 1. The van der Waals surface area contributed by atoms with Gasteiger partial charge in [0.15, 0.2) is 0 Å². The van der Waals surface area contributed by atoms with Gasteiger partial charge in [-0.05, 0) is 67.5 Å². The summed E-state index contributed by atoms with van der Waals surface area (Å²) in [5.74, 6) is -0.418. The highest BCUT2D eigenvalue weighted by atomic mass is 19.1. The van der Waals surface area contributed by atoms with Crippen molar-refractivity contribution in [1.29, 1.82) is 0 Å². The Morgan fingerprint density at radius 1 is 0.964 bits per heavy atom. The standard InChI is InChI=1S/C23H25FN2O2/c24-19-10-8-18(9-11-19)23(28)26-14-12-17(13-15-26)22(27)25-21-7-3-5-16-4-1-2-6-20(16)21/h1-2,4,6,8-11,17,21H,3,5,7,12-15H2,(H,25,27). The van der Waals surface area contributed by atoms with E-state index in [1.165, 1.54) is 35.4 Å². The number of carbonyl (C=O) groups is 2. The monoisotopic (exact) mass is 380 g/mol. The molecule has 1 N–H and O–H groups in total. The molecule has 0 saturated carbocycles. The van der Waals surface area contributed by atoms with Gasteiger partial charge < -0.3 is 10.2 Å². The molecule has 0 spiro atoms. The van der Waals surface area contributed by atoms with Crippen LogP contribution in [0.4, 0.5) is 4.39 Å². The molecule has 5 heteroatoms. The lowest BCUT2D eigenvalue weighted by atomic mass is 9.87. The maximum atomic E-state index is 13.0. The third-order valence-corrected chi connectivity index (χ3v) is 5.93. The van der Waals surface area contributed by atoms with Crippen LogP contribution in [0.3, 0.4) is 0 Å². The summed E-state index contributed by atoms with van der Waals surface area (Å²) in [7, 11) is 0. The molecule has 0 radical (unpaired) electrons. The van der Waals surface area contributed by atoms with E-state index in [0.29, 0.717) is 31.5 Å². The number of nitrogens with one attached hydrogen (secondary N) is 1. The number of nitrogens with zero attached hydrogens (tertiary/aromatic N) is 1. The summed E-state index contributed by atoms with van der Waals surface area (Å²) < 4.78 is 13.0. The Balaban J connectivity index is 1.33. The van der Waals surface area contributed by atoms with Gasteiger partial charge in [-0.1, -0.05) is 24.3 Å². The second-order valence-electron chi connectivity index (χ2n) is 7.73. The Hall–Kier alpha value is -2.69. The maximum absolute atomic E-state index is 13.0. The van der Waals surface area contributed by atoms with E-state index in [9.17, 15) is 14.0 Å². The summed E-state index contributed by atoms with van der Waals surface area (Å²) in [6.07, 6.45) is 4.46. The number of hydrogen-bond donors (Lipinski definition) is 1. The van der Waals surface area contributed by atoms with Crippen LogP contribution >= 0.6 is 0 Å². The molecule has 1 heterocycles. The van der Waals surface area contributed by atoms with Gasteiger partial charge in [0.25, 0.3) is 5.91 Å². The summed E-state index contributed by atoms with van der Waals surface area (Å²) in [5, 5.41) is 3.24. The number of aryl methyl sites for hydroxylation is 1. The molecular formula is C23H25FN2O2. The molecule has 2 amide bonds. The first-order valence-electron chi connectivity index (χ1n) is 10.0. The largest absolute Gasteiger partial charge is 0.349 e. The van der Waals surface area contributed by atoms with Gasteiger partial charge in [-0.25, -0.2) is 4.39 Å². The molecule has 1 unspecified atom stereocenters. The predicted octanol–water partition coefficient (Wildman–Crippen LogP) is 3.87. The lowest BCUT2D eigenvalue weighted by molar-refractivity contribution is -0.127. The van der Waals surface area contributed by atoms with Gasteiger partial charge in [0.1, 0.15) is 5.82 Å². The minimum absolute atomic E-state index is 0.0636. The molecule has 0 bridgehead atoms. The zero-order valence-corrected chi connectivity index (χ0v) is 15.9. The van der Waals surface area contributed by atoms with Crippen LogP contribution in [0.15, 0.2) is 48.5 Å². The first-order chi connectivity index (χ1) is 13.6. The number of halogens is 1. The number of hydrogen-bond acceptors (Lipinski definition) is 2. The lowest BCUT2D eigenvalue weighted by Gasteiger charge is -2.33. The summed E-state index contributed by atoms with van der Waals surface area (Å²) in [5.41, 5.74) is 3.06. The second kappa shape index (κ2) is 8.13. The fourth-order valence-electron chi connectivity index (χ4n) is 4.31. The topological polar surface area (TPSA) is 49.4 Å². The van der Waals surface area contributed by atoms with Crippen LogP contribution in [-0.4, -0.2) is 29.8 Å². The van der Waals surface area contributed by atoms with Crippen molar-refractivity contribution in [2.75, 3.05) is 13.1 Å². The Morgan fingerprint density at radius 3 is 2.43 bits per heavy atom. The SMILES string of the molecule is O=C(NC1CCCc2ccccc21)C1CCN(C(=O)c2ccc(F)cc2)CC1. The quantitative estimate of drug-likeness (QED) is 0.879. The molecule has 4 rings (SSSR count). The van der Waals surface area contributed by atoms with Gasteiger partial charge in [-0.15, -0.1) is 0 Å². The number of carbonyl (C=O) groups excluding carboxylic acids is 2. The van der Waals surface area contributed by atoms with Crippen LogP contribution < -0.4 is 5.32 Å². The normalized spacial score (nSPS) is 19.8. The van der Waals surface area contributed by atoms with Crippen molar-refractivity contribution in [3.63, 3.8) is 0 Å². The molecule has 1 aliphatic heterocycles. The Bertz CT molecular complexity index is 857. The van der Waals surface area contributed by atoms with Crippen LogP contribution in [0.25, 0.3) is 0 Å². The fraction of sp³-hybridized carbons (Fsp3) is 0.391. The minimum atomic E-state index is -0.351. The Labute approximate surface area is 164 Å². The third-order valence-electron chi connectivity index (χ3n) is 5.93. The molecule has 1 aliphatic carbocycles. The first-order valence-corrected chi connectivity index (χ1v) is 10.0. The highest BCUT2D eigenvalue weighted by Gasteiger charge is 2.30.